The molecule has 7 nitrogen and oxygen atoms in total. The molecule has 1 atom stereocenters. The first-order chi connectivity index (χ1) is 14.2. The molecule has 2 rings (SSSR count). The van der Waals surface area contributed by atoms with Gasteiger partial charge in [-0.25, -0.2) is 8.42 Å². The van der Waals surface area contributed by atoms with Gasteiger partial charge in [-0.3, -0.25) is 9.10 Å². The molecule has 0 saturated carbocycles. The monoisotopic (exact) mass is 434 g/mol. The summed E-state index contributed by atoms with van der Waals surface area (Å²) in [7, 11) is -2.19. The third-order valence-corrected chi connectivity index (χ3v) is 5.68. The van der Waals surface area contributed by atoms with Gasteiger partial charge in [0.25, 0.3) is 0 Å². The Kier molecular flexibility index (Phi) is 8.11. The summed E-state index contributed by atoms with van der Waals surface area (Å²) in [5.74, 6) is 0.871. The molecule has 0 aliphatic heterocycles. The predicted molar refractivity (Wildman–Crippen MR) is 119 cm³/mol. The first kappa shape index (κ1) is 23.5. The number of benzene rings is 2. The van der Waals surface area contributed by atoms with Crippen molar-refractivity contribution < 1.29 is 22.7 Å². The van der Waals surface area contributed by atoms with Crippen molar-refractivity contribution in [3.63, 3.8) is 0 Å². The summed E-state index contributed by atoms with van der Waals surface area (Å²) in [5, 5.41) is 2.78. The molecule has 0 bridgehead atoms. The maximum atomic E-state index is 12.8. The predicted octanol–water partition coefficient (Wildman–Crippen LogP) is 3.05. The second-order valence-electron chi connectivity index (χ2n) is 7.15. The lowest BCUT2D eigenvalue weighted by Crippen LogP contribution is -2.50. The fourth-order valence-corrected chi connectivity index (χ4v) is 4.49. The van der Waals surface area contributed by atoms with Crippen LogP contribution in [0.4, 0.5) is 5.69 Å². The van der Waals surface area contributed by atoms with Crippen molar-refractivity contribution in [1.29, 1.82) is 0 Å². The van der Waals surface area contributed by atoms with Crippen molar-refractivity contribution in [2.24, 2.45) is 0 Å². The van der Waals surface area contributed by atoms with Gasteiger partial charge < -0.3 is 14.8 Å². The van der Waals surface area contributed by atoms with Crippen molar-refractivity contribution in [1.82, 2.24) is 5.32 Å². The molecule has 0 aromatic heterocycles. The van der Waals surface area contributed by atoms with Gasteiger partial charge in [-0.15, -0.1) is 0 Å². The first-order valence-electron chi connectivity index (χ1n) is 9.78. The number of nitrogens with one attached hydrogen (secondary N) is 1. The lowest BCUT2D eigenvalue weighted by molar-refractivity contribution is -0.122. The topological polar surface area (TPSA) is 84.9 Å². The zero-order valence-electron chi connectivity index (χ0n) is 18.1. The molecule has 0 unspecified atom stereocenters. The lowest BCUT2D eigenvalue weighted by atomic mass is 10.1. The van der Waals surface area contributed by atoms with Crippen molar-refractivity contribution >= 4 is 21.6 Å². The molecule has 0 saturated heterocycles. The molecule has 0 aliphatic carbocycles. The van der Waals surface area contributed by atoms with E-state index in [1.165, 1.54) is 7.11 Å². The van der Waals surface area contributed by atoms with Gasteiger partial charge in [-0.05, 0) is 55.7 Å². The van der Waals surface area contributed by atoms with E-state index < -0.39 is 16.1 Å². The lowest BCUT2D eigenvalue weighted by Gasteiger charge is -2.30. The fraction of sp³-hybridized carbons (Fsp3) is 0.409. The number of carbonyl (C=O) groups is 1. The second kappa shape index (κ2) is 10.3. The highest BCUT2D eigenvalue weighted by molar-refractivity contribution is 7.92. The number of carbonyl (C=O) groups excluding carboxylic acids is 1. The van der Waals surface area contributed by atoms with Gasteiger partial charge in [0, 0.05) is 6.07 Å². The molecule has 1 N–H and O–H groups in total. The summed E-state index contributed by atoms with van der Waals surface area (Å²) in [6.07, 6.45) is 1.40. The molecular weight excluding hydrogens is 404 g/mol. The van der Waals surface area contributed by atoms with E-state index in [1.807, 2.05) is 26.0 Å². The standard InChI is InChI=1S/C22H30N2O5S/c1-6-21(24(30(5,26)27)18-8-7-9-19(15-18)28-4)22(25)23-10-11-29-20-13-16(2)12-17(3)14-20/h7-9,12-15,21H,6,10-11H2,1-5H3,(H,23,25)/t21-/m0/s1. The Bertz CT molecular complexity index is 955. The summed E-state index contributed by atoms with van der Waals surface area (Å²) in [5.41, 5.74) is 2.58. The molecule has 0 fully saturated rings. The van der Waals surface area contributed by atoms with E-state index in [9.17, 15) is 13.2 Å². The Morgan fingerprint density at radius 1 is 1.10 bits per heavy atom. The minimum Gasteiger partial charge on any atom is -0.497 e. The number of ether oxygens (including phenoxy) is 2. The van der Waals surface area contributed by atoms with Crippen LogP contribution in [0.2, 0.25) is 0 Å². The molecular formula is C22H30N2O5S. The molecule has 164 valence electrons. The molecule has 0 aliphatic rings. The number of hydrogen-bond donors (Lipinski definition) is 1. The Morgan fingerprint density at radius 3 is 2.33 bits per heavy atom. The maximum absolute atomic E-state index is 12.8. The van der Waals surface area contributed by atoms with Crippen LogP contribution in [0.15, 0.2) is 42.5 Å². The maximum Gasteiger partial charge on any atom is 0.244 e. The highest BCUT2D eigenvalue weighted by Gasteiger charge is 2.31. The Balaban J connectivity index is 2.08. The van der Waals surface area contributed by atoms with Crippen molar-refractivity contribution in [3.8, 4) is 11.5 Å². The van der Waals surface area contributed by atoms with Gasteiger partial charge in [0.05, 0.1) is 25.6 Å². The number of sulfonamides is 1. The number of hydrogen-bond acceptors (Lipinski definition) is 5. The van der Waals surface area contributed by atoms with E-state index in [2.05, 4.69) is 11.4 Å². The van der Waals surface area contributed by atoms with Gasteiger partial charge in [0.15, 0.2) is 0 Å². The second-order valence-corrected chi connectivity index (χ2v) is 9.01. The molecule has 30 heavy (non-hydrogen) atoms. The third kappa shape index (κ3) is 6.38. The number of anilines is 1. The SMILES string of the molecule is CC[C@@H](C(=O)NCCOc1cc(C)cc(C)c1)N(c1cccc(OC)c1)S(C)(=O)=O. The van der Waals surface area contributed by atoms with Crippen LogP contribution in [0, 0.1) is 13.8 Å². The minimum absolute atomic E-state index is 0.262. The number of rotatable bonds is 10. The van der Waals surface area contributed by atoms with Crippen molar-refractivity contribution in [2.75, 3.05) is 30.8 Å². The highest BCUT2D eigenvalue weighted by Crippen LogP contribution is 2.26. The largest absolute Gasteiger partial charge is 0.497 e. The average Bonchev–Trinajstić information content (AvgIpc) is 2.67. The van der Waals surface area contributed by atoms with Crippen LogP contribution in [0.1, 0.15) is 24.5 Å². The molecule has 0 heterocycles. The van der Waals surface area contributed by atoms with Gasteiger partial charge >= 0.3 is 0 Å². The fourth-order valence-electron chi connectivity index (χ4n) is 3.28. The number of aryl methyl sites for hydroxylation is 2. The van der Waals surface area contributed by atoms with E-state index in [1.54, 1.807) is 31.2 Å². The highest BCUT2D eigenvalue weighted by atomic mass is 32.2. The zero-order valence-corrected chi connectivity index (χ0v) is 19.0. The average molecular weight is 435 g/mol. The van der Waals surface area contributed by atoms with E-state index in [4.69, 9.17) is 9.47 Å². The summed E-state index contributed by atoms with van der Waals surface area (Å²) in [6.45, 7) is 6.30. The smallest absolute Gasteiger partial charge is 0.244 e. The van der Waals surface area contributed by atoms with Gasteiger partial charge in [-0.2, -0.15) is 0 Å². The van der Waals surface area contributed by atoms with Crippen LogP contribution < -0.4 is 19.1 Å². The van der Waals surface area contributed by atoms with Crippen LogP contribution in [0.25, 0.3) is 0 Å². The van der Waals surface area contributed by atoms with Crippen LogP contribution in [0.5, 0.6) is 11.5 Å². The number of amides is 1. The summed E-state index contributed by atoms with van der Waals surface area (Å²) in [4.78, 5) is 12.8. The summed E-state index contributed by atoms with van der Waals surface area (Å²) < 4.78 is 37.0. The molecule has 0 spiro atoms. The van der Waals surface area contributed by atoms with Gasteiger partial charge in [0.2, 0.25) is 15.9 Å². The van der Waals surface area contributed by atoms with Crippen LogP contribution in [0.3, 0.4) is 0 Å². The van der Waals surface area contributed by atoms with E-state index in [-0.39, 0.29) is 19.1 Å². The Morgan fingerprint density at radius 2 is 1.77 bits per heavy atom. The Labute approximate surface area is 179 Å². The molecule has 0 radical (unpaired) electrons. The molecule has 8 heteroatoms. The molecule has 2 aromatic rings. The van der Waals surface area contributed by atoms with E-state index >= 15 is 0 Å². The van der Waals surface area contributed by atoms with Crippen LogP contribution >= 0.6 is 0 Å². The van der Waals surface area contributed by atoms with Crippen LogP contribution in [-0.4, -0.2) is 46.9 Å². The first-order valence-corrected chi connectivity index (χ1v) is 11.6. The van der Waals surface area contributed by atoms with Crippen molar-refractivity contribution in [3.05, 3.63) is 53.6 Å². The zero-order chi connectivity index (χ0) is 22.3. The quantitative estimate of drug-likeness (QED) is 0.581. The van der Waals surface area contributed by atoms with Gasteiger partial charge in [-0.1, -0.05) is 19.1 Å². The normalized spacial score (nSPS) is 12.2. The van der Waals surface area contributed by atoms with Crippen molar-refractivity contribution in [2.45, 2.75) is 33.2 Å². The summed E-state index contributed by atoms with van der Waals surface area (Å²) >= 11 is 0. The Hall–Kier alpha value is -2.74. The third-order valence-electron chi connectivity index (χ3n) is 4.50. The molecule has 1 amide bonds. The number of nitrogens with zero attached hydrogens (tertiary/aromatic N) is 1. The van der Waals surface area contributed by atoms with E-state index in [0.717, 1.165) is 27.4 Å². The molecule has 2 aromatic carbocycles. The number of methoxy groups -OCH3 is 1. The van der Waals surface area contributed by atoms with Crippen LogP contribution in [-0.2, 0) is 14.8 Å². The van der Waals surface area contributed by atoms with Gasteiger partial charge in [0.1, 0.15) is 24.1 Å². The van der Waals surface area contributed by atoms with E-state index in [0.29, 0.717) is 17.9 Å². The minimum atomic E-state index is -3.70. The summed E-state index contributed by atoms with van der Waals surface area (Å²) in [6, 6.07) is 11.7.